The third kappa shape index (κ3) is 11.1. The Morgan fingerprint density at radius 1 is 0.600 bits per heavy atom. The fourth-order valence-electron chi connectivity index (χ4n) is 5.01. The smallest absolute Gasteiger partial charge is 0.284 e. The van der Waals surface area contributed by atoms with Crippen molar-refractivity contribution < 1.29 is 69.0 Å². The van der Waals surface area contributed by atoms with Gasteiger partial charge in [0.05, 0.1) is 19.0 Å². The predicted octanol–water partition coefficient (Wildman–Crippen LogP) is 7.49. The Bertz CT molecular complexity index is 2410. The Hall–Kier alpha value is -5.88. The Balaban J connectivity index is 0.000000205. The number of ether oxygens (including phenoxy) is 3. The molecule has 0 amide bonds. The second kappa shape index (κ2) is 19.5. The molecule has 0 aliphatic rings. The van der Waals surface area contributed by atoms with Gasteiger partial charge in [-0.3, -0.25) is 0 Å². The SMILES string of the molecule is Cc1cc(C)c(-[n+]2[c-]n(C)cc2)[c-]c1Oc1[c-]c(Oc2ccccn2)ccc1.[Pd].[Pd].[c-]1c(Oc2ccccn2)cccc1On1[c-][n+](-c2[c-]cccc2)cc1. The van der Waals surface area contributed by atoms with Crippen LogP contribution in [-0.4, -0.2) is 19.3 Å². The van der Waals surface area contributed by atoms with Crippen LogP contribution in [0.25, 0.3) is 11.4 Å². The first kappa shape index (κ1) is 40.3. The summed E-state index contributed by atoms with van der Waals surface area (Å²) in [7, 11) is 1.93. The molecule has 0 radical (unpaired) electrons. The summed E-state index contributed by atoms with van der Waals surface area (Å²) in [5.41, 5.74) is 3.85. The van der Waals surface area contributed by atoms with Crippen molar-refractivity contribution in [3.8, 4) is 51.9 Å². The summed E-state index contributed by atoms with van der Waals surface area (Å²) < 4.78 is 24.5. The largest absolute Gasteiger partial charge is 0.510 e. The summed E-state index contributed by atoms with van der Waals surface area (Å²) in [6.45, 7) is 4.04. The number of hydrogen-bond acceptors (Lipinski definition) is 6. The number of hydrogen-bond donors (Lipinski definition) is 0. The topological polar surface area (TPSA) is 80.3 Å². The first-order valence-electron chi connectivity index (χ1n) is 16.5. The summed E-state index contributed by atoms with van der Waals surface area (Å²) >= 11 is 0. The van der Waals surface area contributed by atoms with Crippen LogP contribution in [0.5, 0.6) is 40.5 Å². The van der Waals surface area contributed by atoms with Crippen LogP contribution in [0.3, 0.4) is 0 Å². The van der Waals surface area contributed by atoms with Gasteiger partial charge in [-0.1, -0.05) is 49.5 Å². The molecule has 12 heteroatoms. The fourth-order valence-corrected chi connectivity index (χ4v) is 5.01. The van der Waals surface area contributed by atoms with Gasteiger partial charge < -0.3 is 32.7 Å². The van der Waals surface area contributed by atoms with Crippen molar-refractivity contribution in [1.82, 2.24) is 19.3 Å². The zero-order valence-electron chi connectivity index (χ0n) is 29.7. The van der Waals surface area contributed by atoms with Gasteiger partial charge in [0.25, 0.3) is 6.33 Å². The zero-order valence-corrected chi connectivity index (χ0v) is 32.8. The van der Waals surface area contributed by atoms with Gasteiger partial charge in [0.1, 0.15) is 0 Å². The number of benzene rings is 4. The number of imidazole rings is 2. The second-order valence-electron chi connectivity index (χ2n) is 11.5. The molecule has 8 rings (SSSR count). The van der Waals surface area contributed by atoms with Crippen molar-refractivity contribution in [3.63, 3.8) is 0 Å². The third-order valence-corrected chi connectivity index (χ3v) is 7.45. The van der Waals surface area contributed by atoms with Crippen LogP contribution < -0.4 is 28.2 Å². The second-order valence-corrected chi connectivity index (χ2v) is 11.5. The molecule has 8 aromatic rings. The maximum absolute atomic E-state index is 6.07. The molecule has 282 valence electrons. The minimum absolute atomic E-state index is 0. The van der Waals surface area contributed by atoms with Gasteiger partial charge in [0.15, 0.2) is 0 Å². The molecule has 0 spiro atoms. The van der Waals surface area contributed by atoms with Crippen molar-refractivity contribution >= 4 is 0 Å². The molecule has 0 unspecified atom stereocenters. The normalized spacial score (nSPS) is 10.2. The van der Waals surface area contributed by atoms with Crippen molar-refractivity contribution in [2.45, 2.75) is 13.8 Å². The standard InChI is InChI=1S/C23H19N3O2.C20H13N3O2.2Pd/c1-17-13-18(2)22(15-21(17)26-12-11-25(3)16-26)27-19-7-6-8-20(14-19)28-23-9-4-5-10-24-23;1-2-7-17(8-3-1)22-13-14-23(16-22)25-19-10-6-9-18(15-19)24-20-11-4-5-12-21-20;;/h4-13H,1-3H3;1-7,9-14H;;/q2*-2;;. The van der Waals surface area contributed by atoms with Crippen LogP contribution in [0, 0.1) is 50.8 Å². The molecule has 4 aromatic carbocycles. The average molecular weight is 910 g/mol. The number of aryl methyl sites for hydroxylation is 3. The maximum atomic E-state index is 6.07. The molecule has 4 heterocycles. The van der Waals surface area contributed by atoms with Crippen LogP contribution in [0.15, 0.2) is 140 Å². The quantitative estimate of drug-likeness (QED) is 0.0805. The van der Waals surface area contributed by atoms with Crippen LogP contribution in [-0.2, 0) is 47.9 Å². The van der Waals surface area contributed by atoms with Gasteiger partial charge in [0, 0.05) is 107 Å². The summed E-state index contributed by atoms with van der Waals surface area (Å²) in [6, 6.07) is 44.2. The fraction of sp³-hybridized carbons (Fsp3) is 0.0698. The van der Waals surface area contributed by atoms with Crippen LogP contribution in [0.2, 0.25) is 0 Å². The average Bonchev–Trinajstić information content (AvgIpc) is 3.83. The molecular weight excluding hydrogens is 877 g/mol. The van der Waals surface area contributed by atoms with E-state index >= 15 is 0 Å². The minimum Gasteiger partial charge on any atom is -0.510 e. The van der Waals surface area contributed by atoms with Gasteiger partial charge in [0.2, 0.25) is 18.1 Å². The Kier molecular flexibility index (Phi) is 14.3. The van der Waals surface area contributed by atoms with Gasteiger partial charge in [-0.15, -0.1) is 40.6 Å². The third-order valence-electron chi connectivity index (χ3n) is 7.45. The number of para-hydroxylation sites is 1. The summed E-state index contributed by atoms with van der Waals surface area (Å²) in [5.74, 6) is 3.75. The first-order chi connectivity index (χ1) is 25.9. The molecule has 0 atom stereocenters. The van der Waals surface area contributed by atoms with E-state index in [-0.39, 0.29) is 40.8 Å². The summed E-state index contributed by atoms with van der Waals surface area (Å²) in [4.78, 5) is 14.0. The van der Waals surface area contributed by atoms with Gasteiger partial charge in [-0.05, 0) is 12.1 Å². The zero-order chi connectivity index (χ0) is 36.4. The Labute approximate surface area is 347 Å². The molecule has 0 saturated heterocycles. The van der Waals surface area contributed by atoms with E-state index in [1.54, 1.807) is 47.4 Å². The van der Waals surface area contributed by atoms with Crippen molar-refractivity contribution in [2.75, 3.05) is 0 Å². The molecule has 0 saturated carbocycles. The molecule has 0 N–H and O–H groups in total. The monoisotopic (exact) mass is 908 g/mol. The summed E-state index contributed by atoms with van der Waals surface area (Å²) in [5, 5.41) is 0. The maximum Gasteiger partial charge on any atom is 0.284 e. The molecule has 0 aliphatic heterocycles. The van der Waals surface area contributed by atoms with E-state index in [9.17, 15) is 0 Å². The Morgan fingerprint density at radius 3 is 1.82 bits per heavy atom. The van der Waals surface area contributed by atoms with Crippen molar-refractivity contribution in [2.24, 2.45) is 7.05 Å². The molecule has 0 bridgehead atoms. The van der Waals surface area contributed by atoms with Crippen molar-refractivity contribution in [1.29, 1.82) is 0 Å². The number of nitrogens with zero attached hydrogens (tertiary/aromatic N) is 6. The minimum atomic E-state index is 0. The summed E-state index contributed by atoms with van der Waals surface area (Å²) in [6.07, 6.45) is 17.0. The van der Waals surface area contributed by atoms with E-state index in [0.717, 1.165) is 22.5 Å². The van der Waals surface area contributed by atoms with Crippen LogP contribution >= 0.6 is 0 Å². The van der Waals surface area contributed by atoms with Crippen molar-refractivity contribution in [3.05, 3.63) is 188 Å². The number of rotatable bonds is 10. The first-order valence-corrected chi connectivity index (χ1v) is 16.5. The van der Waals surface area contributed by atoms with Gasteiger partial charge >= 0.3 is 0 Å². The molecule has 0 aliphatic carbocycles. The van der Waals surface area contributed by atoms with E-state index in [1.165, 1.54) is 4.73 Å². The predicted molar refractivity (Wildman–Crippen MR) is 193 cm³/mol. The van der Waals surface area contributed by atoms with E-state index in [4.69, 9.17) is 19.0 Å². The van der Waals surface area contributed by atoms with Gasteiger partial charge in [-0.25, -0.2) is 9.97 Å². The molecule has 0 fully saturated rings. The van der Waals surface area contributed by atoms with E-state index in [1.807, 2.05) is 121 Å². The molecule has 55 heavy (non-hydrogen) atoms. The van der Waals surface area contributed by atoms with Gasteiger partial charge in [-0.2, -0.15) is 54.1 Å². The van der Waals surface area contributed by atoms with E-state index < -0.39 is 0 Å². The number of aromatic nitrogens is 6. The van der Waals surface area contributed by atoms with E-state index in [0.29, 0.717) is 40.5 Å². The van der Waals surface area contributed by atoms with Crippen LogP contribution in [0.4, 0.5) is 0 Å². The van der Waals surface area contributed by atoms with E-state index in [2.05, 4.69) is 53.0 Å². The molecule has 4 aromatic heterocycles. The molecule has 10 nitrogen and oxygen atoms in total. The Morgan fingerprint density at radius 2 is 1.22 bits per heavy atom. The van der Waals surface area contributed by atoms with Crippen LogP contribution in [0.1, 0.15) is 11.1 Å². The number of pyridine rings is 2. The molecular formula is C43H32N6O4Pd2-4.